The Bertz CT molecular complexity index is 670. The number of anilines is 1. The van der Waals surface area contributed by atoms with Gasteiger partial charge in [-0.1, -0.05) is 11.6 Å². The Balaban J connectivity index is 1.51. The van der Waals surface area contributed by atoms with Crippen molar-refractivity contribution in [2.75, 3.05) is 5.32 Å². The lowest BCUT2D eigenvalue weighted by molar-refractivity contribution is 0.00758. The monoisotopic (exact) mass is 319 g/mol. The third kappa shape index (κ3) is 1.92. The van der Waals surface area contributed by atoms with E-state index < -0.39 is 0 Å². The van der Waals surface area contributed by atoms with E-state index in [4.69, 9.17) is 11.6 Å². The Morgan fingerprint density at radius 2 is 1.71 bits per heavy atom. The average molecular weight is 320 g/mol. The Hall–Kier alpha value is -0.870. The number of nitrogens with one attached hydrogen (secondary N) is 1. The van der Waals surface area contributed by atoms with E-state index in [1.807, 2.05) is 12.1 Å². The van der Waals surface area contributed by atoms with Gasteiger partial charge in [0.2, 0.25) is 0 Å². The maximum Gasteiger partial charge on any atom is 0.129 e. The molecule has 4 aliphatic rings. The number of hydrogen-bond donors (Lipinski definition) is 1. The van der Waals surface area contributed by atoms with Crippen LogP contribution in [0.4, 0.5) is 5.69 Å². The van der Waals surface area contributed by atoms with E-state index in [-0.39, 0.29) is 0 Å². The molecule has 6 rings (SSSR count). The lowest BCUT2D eigenvalue weighted by Crippen LogP contribution is -2.51. The highest BCUT2D eigenvalue weighted by atomic mass is 35.5. The number of fused-ring (bicyclic) bond motifs is 1. The molecule has 1 aromatic heterocycles. The van der Waals surface area contributed by atoms with Crippen LogP contribution in [0.2, 0.25) is 5.02 Å². The average Bonchev–Trinajstić information content (AvgIpc) is 2.92. The topological polar surface area (TPSA) is 37.8 Å². The Labute approximate surface area is 133 Å². The molecular formula is C16H18ClN3S. The highest BCUT2D eigenvalue weighted by Gasteiger charge is 2.48. The maximum atomic E-state index is 6.45. The summed E-state index contributed by atoms with van der Waals surface area (Å²) in [5.74, 6) is 3.66. The van der Waals surface area contributed by atoms with Crippen LogP contribution in [0.3, 0.4) is 0 Å². The zero-order chi connectivity index (χ0) is 14.0. The molecule has 4 bridgehead atoms. The Kier molecular flexibility index (Phi) is 2.75. The number of halogens is 1. The van der Waals surface area contributed by atoms with Crippen molar-refractivity contribution in [1.82, 2.24) is 8.75 Å². The molecule has 4 aliphatic carbocycles. The largest absolute Gasteiger partial charge is 0.379 e. The van der Waals surface area contributed by atoms with E-state index in [9.17, 15) is 0 Å². The predicted octanol–water partition coefficient (Wildman–Crippen LogP) is 4.58. The third-order valence-corrected chi connectivity index (χ3v) is 6.77. The zero-order valence-corrected chi connectivity index (χ0v) is 13.3. The van der Waals surface area contributed by atoms with E-state index in [0.717, 1.165) is 45.4 Å². The minimum absolute atomic E-state index is 0.586. The first-order valence-corrected chi connectivity index (χ1v) is 9.06. The fourth-order valence-electron chi connectivity index (χ4n) is 5.29. The van der Waals surface area contributed by atoms with Gasteiger partial charge in [0, 0.05) is 6.04 Å². The van der Waals surface area contributed by atoms with Crippen LogP contribution in [0.5, 0.6) is 0 Å². The van der Waals surface area contributed by atoms with Gasteiger partial charge >= 0.3 is 0 Å². The molecule has 4 saturated carbocycles. The van der Waals surface area contributed by atoms with Crippen molar-refractivity contribution in [3.05, 3.63) is 17.2 Å². The number of rotatable bonds is 2. The summed E-state index contributed by atoms with van der Waals surface area (Å²) in [4.78, 5) is 0. The van der Waals surface area contributed by atoms with Gasteiger partial charge in [-0.3, -0.25) is 0 Å². The molecule has 0 spiro atoms. The van der Waals surface area contributed by atoms with Crippen LogP contribution in [0, 0.1) is 23.7 Å². The summed E-state index contributed by atoms with van der Waals surface area (Å²) in [7, 11) is 0. The standard InChI is InChI=1S/C16H18ClN3S/c17-12-1-2-13-16(20-21-19-13)15(12)18-14-10-4-8-3-9(6-10)7-11(14)5-8/h1-2,8-11,14,18H,3-7H2. The summed E-state index contributed by atoms with van der Waals surface area (Å²) >= 11 is 7.72. The highest BCUT2D eigenvalue weighted by molar-refractivity contribution is 7.00. The summed E-state index contributed by atoms with van der Waals surface area (Å²) in [6.07, 6.45) is 7.13. The summed E-state index contributed by atoms with van der Waals surface area (Å²) in [5, 5.41) is 4.58. The fraction of sp³-hybridized carbons (Fsp3) is 0.625. The molecule has 21 heavy (non-hydrogen) atoms. The second kappa shape index (κ2) is 4.56. The fourth-order valence-corrected chi connectivity index (χ4v) is 6.04. The van der Waals surface area contributed by atoms with Crippen LogP contribution in [0.25, 0.3) is 11.0 Å². The molecule has 4 fully saturated rings. The van der Waals surface area contributed by atoms with Crippen LogP contribution in [0.1, 0.15) is 32.1 Å². The number of benzene rings is 1. The van der Waals surface area contributed by atoms with Crippen LogP contribution >= 0.6 is 23.3 Å². The number of aromatic nitrogens is 2. The highest BCUT2D eigenvalue weighted by Crippen LogP contribution is 2.54. The van der Waals surface area contributed by atoms with E-state index in [0.29, 0.717) is 6.04 Å². The van der Waals surface area contributed by atoms with Crippen molar-refractivity contribution < 1.29 is 0 Å². The SMILES string of the molecule is Clc1ccc2nsnc2c1NC1C2CC3CC(C2)CC1C3. The van der Waals surface area contributed by atoms with Gasteiger partial charge < -0.3 is 5.32 Å². The molecule has 1 N–H and O–H groups in total. The van der Waals surface area contributed by atoms with Crippen molar-refractivity contribution in [2.45, 2.75) is 38.1 Å². The molecule has 0 amide bonds. The molecule has 1 heterocycles. The summed E-state index contributed by atoms with van der Waals surface area (Å²) < 4.78 is 8.78. The second-order valence-electron chi connectivity index (χ2n) is 7.16. The summed E-state index contributed by atoms with van der Waals surface area (Å²) in [6, 6.07) is 4.50. The van der Waals surface area contributed by atoms with Crippen LogP contribution in [-0.2, 0) is 0 Å². The van der Waals surface area contributed by atoms with Gasteiger partial charge in [-0.25, -0.2) is 0 Å². The molecule has 0 unspecified atom stereocenters. The van der Waals surface area contributed by atoms with E-state index >= 15 is 0 Å². The van der Waals surface area contributed by atoms with Gasteiger partial charge in [-0.2, -0.15) is 8.75 Å². The Morgan fingerprint density at radius 3 is 2.43 bits per heavy atom. The minimum atomic E-state index is 0.586. The summed E-state index contributed by atoms with van der Waals surface area (Å²) in [5.41, 5.74) is 2.91. The molecule has 2 aromatic rings. The lowest BCUT2D eigenvalue weighted by Gasteiger charge is -2.54. The van der Waals surface area contributed by atoms with Gasteiger partial charge in [0.15, 0.2) is 0 Å². The molecule has 1 aromatic carbocycles. The molecule has 0 saturated heterocycles. The van der Waals surface area contributed by atoms with Gasteiger partial charge in [0.05, 0.1) is 22.4 Å². The van der Waals surface area contributed by atoms with Crippen molar-refractivity contribution in [2.24, 2.45) is 23.7 Å². The third-order valence-electron chi connectivity index (χ3n) is 5.91. The quantitative estimate of drug-likeness (QED) is 0.880. The number of nitrogens with zero attached hydrogens (tertiary/aromatic N) is 2. The van der Waals surface area contributed by atoms with E-state index in [1.54, 1.807) is 0 Å². The van der Waals surface area contributed by atoms with Crippen LogP contribution in [0.15, 0.2) is 12.1 Å². The molecular weight excluding hydrogens is 302 g/mol. The molecule has 0 aliphatic heterocycles. The molecule has 5 heteroatoms. The smallest absolute Gasteiger partial charge is 0.129 e. The number of hydrogen-bond acceptors (Lipinski definition) is 4. The Morgan fingerprint density at radius 1 is 1.00 bits per heavy atom. The first-order valence-electron chi connectivity index (χ1n) is 7.95. The predicted molar refractivity (Wildman–Crippen MR) is 86.9 cm³/mol. The van der Waals surface area contributed by atoms with Crippen molar-refractivity contribution in [3.8, 4) is 0 Å². The van der Waals surface area contributed by atoms with E-state index in [2.05, 4.69) is 14.1 Å². The molecule has 0 radical (unpaired) electrons. The van der Waals surface area contributed by atoms with Gasteiger partial charge in [0.25, 0.3) is 0 Å². The first-order chi connectivity index (χ1) is 10.3. The first kappa shape index (κ1) is 12.7. The zero-order valence-electron chi connectivity index (χ0n) is 11.8. The lowest BCUT2D eigenvalue weighted by atomic mass is 9.54. The van der Waals surface area contributed by atoms with Gasteiger partial charge in [-0.05, 0) is 67.9 Å². The van der Waals surface area contributed by atoms with Crippen LogP contribution in [-0.4, -0.2) is 14.8 Å². The molecule has 3 nitrogen and oxygen atoms in total. The van der Waals surface area contributed by atoms with E-state index in [1.165, 1.54) is 43.8 Å². The van der Waals surface area contributed by atoms with Crippen molar-refractivity contribution in [3.63, 3.8) is 0 Å². The van der Waals surface area contributed by atoms with Crippen molar-refractivity contribution >= 4 is 40.0 Å². The maximum absolute atomic E-state index is 6.45. The summed E-state index contributed by atoms with van der Waals surface area (Å²) in [6.45, 7) is 0. The second-order valence-corrected chi connectivity index (χ2v) is 8.09. The van der Waals surface area contributed by atoms with Crippen molar-refractivity contribution in [1.29, 1.82) is 0 Å². The minimum Gasteiger partial charge on any atom is -0.379 e. The van der Waals surface area contributed by atoms with Gasteiger partial charge in [0.1, 0.15) is 11.0 Å². The van der Waals surface area contributed by atoms with Crippen LogP contribution < -0.4 is 5.32 Å². The van der Waals surface area contributed by atoms with Gasteiger partial charge in [-0.15, -0.1) is 0 Å². The normalized spacial score (nSPS) is 37.3. The molecule has 0 atom stereocenters. The molecule has 110 valence electrons.